The molecule has 0 aliphatic heterocycles. The van der Waals surface area contributed by atoms with Gasteiger partial charge in [-0.2, -0.15) is 0 Å². The van der Waals surface area contributed by atoms with E-state index in [1.165, 1.54) is 0 Å². The lowest BCUT2D eigenvalue weighted by atomic mass is 10.1. The first kappa shape index (κ1) is 16.9. The molecule has 0 saturated carbocycles. The second-order valence-electron chi connectivity index (χ2n) is 4.32. The average Bonchev–Trinajstić information content (AvgIpc) is 2.34. The molecule has 0 saturated heterocycles. The number of hydrogen-bond donors (Lipinski definition) is 0. The predicted molar refractivity (Wildman–Crippen MR) is 70.2 cm³/mol. The fourth-order valence-electron chi connectivity index (χ4n) is 1.63. The standard InChI is InChI=1S/C14H26O4/c1-4-7-9-12(5-2)18-14(16)11-8-10-13(15)17-6-3/h12H,4-11H2,1-3H3. The van der Waals surface area contributed by atoms with Gasteiger partial charge < -0.3 is 9.47 Å². The SMILES string of the molecule is CCCCC(CC)OC(=O)CCCC(=O)OCC. The second kappa shape index (κ2) is 11.1. The van der Waals surface area contributed by atoms with Crippen molar-refractivity contribution in [3.8, 4) is 0 Å². The number of carbonyl (C=O) groups excluding carboxylic acids is 2. The Kier molecular flexibility index (Phi) is 10.4. The molecule has 0 rings (SSSR count). The van der Waals surface area contributed by atoms with Gasteiger partial charge in [-0.1, -0.05) is 26.7 Å². The molecule has 0 aromatic heterocycles. The van der Waals surface area contributed by atoms with Gasteiger partial charge in [-0.05, 0) is 26.2 Å². The van der Waals surface area contributed by atoms with Crippen molar-refractivity contribution in [3.05, 3.63) is 0 Å². The summed E-state index contributed by atoms with van der Waals surface area (Å²) in [6, 6.07) is 0. The zero-order valence-corrected chi connectivity index (χ0v) is 11.9. The molecule has 0 aliphatic carbocycles. The number of carbonyl (C=O) groups is 2. The van der Waals surface area contributed by atoms with Crippen LogP contribution in [0.3, 0.4) is 0 Å². The van der Waals surface area contributed by atoms with E-state index in [2.05, 4.69) is 6.92 Å². The molecule has 0 aromatic rings. The van der Waals surface area contributed by atoms with Gasteiger partial charge in [-0.15, -0.1) is 0 Å². The lowest BCUT2D eigenvalue weighted by Gasteiger charge is -2.15. The number of unbranched alkanes of at least 4 members (excludes halogenated alkanes) is 1. The van der Waals surface area contributed by atoms with Crippen LogP contribution in [0.25, 0.3) is 0 Å². The first-order chi connectivity index (χ1) is 8.63. The molecule has 18 heavy (non-hydrogen) atoms. The Bertz CT molecular complexity index is 238. The molecule has 1 atom stereocenters. The third-order valence-electron chi connectivity index (χ3n) is 2.70. The minimum atomic E-state index is -0.247. The van der Waals surface area contributed by atoms with Gasteiger partial charge in [0.15, 0.2) is 0 Å². The third-order valence-corrected chi connectivity index (χ3v) is 2.70. The number of esters is 2. The van der Waals surface area contributed by atoms with Gasteiger partial charge in [-0.25, -0.2) is 0 Å². The summed E-state index contributed by atoms with van der Waals surface area (Å²) in [5.74, 6) is -0.453. The maximum atomic E-state index is 11.5. The van der Waals surface area contributed by atoms with Crippen LogP contribution in [0.1, 0.15) is 65.7 Å². The van der Waals surface area contributed by atoms with E-state index in [0.717, 1.165) is 25.7 Å². The van der Waals surface area contributed by atoms with E-state index in [0.29, 0.717) is 19.4 Å². The minimum absolute atomic E-state index is 0.0278. The lowest BCUT2D eigenvalue weighted by molar-refractivity contribution is -0.150. The first-order valence-electron chi connectivity index (χ1n) is 6.99. The van der Waals surface area contributed by atoms with E-state index < -0.39 is 0 Å². The summed E-state index contributed by atoms with van der Waals surface area (Å²) in [6.07, 6.45) is 5.07. The highest BCUT2D eigenvalue weighted by Crippen LogP contribution is 2.10. The van der Waals surface area contributed by atoms with Crippen LogP contribution in [0.2, 0.25) is 0 Å². The summed E-state index contributed by atoms with van der Waals surface area (Å²) >= 11 is 0. The Morgan fingerprint density at radius 1 is 1.00 bits per heavy atom. The quantitative estimate of drug-likeness (QED) is 0.564. The number of hydrogen-bond acceptors (Lipinski definition) is 4. The monoisotopic (exact) mass is 258 g/mol. The Balaban J connectivity index is 3.71. The van der Waals surface area contributed by atoms with Crippen LogP contribution in [0.15, 0.2) is 0 Å². The predicted octanol–water partition coefficient (Wildman–Crippen LogP) is 3.23. The van der Waals surface area contributed by atoms with E-state index >= 15 is 0 Å². The zero-order chi connectivity index (χ0) is 13.8. The molecule has 0 fully saturated rings. The van der Waals surface area contributed by atoms with Crippen molar-refractivity contribution in [2.45, 2.75) is 71.8 Å². The maximum Gasteiger partial charge on any atom is 0.306 e. The molecule has 1 unspecified atom stereocenters. The molecule has 0 N–H and O–H groups in total. The van der Waals surface area contributed by atoms with Crippen LogP contribution in [-0.4, -0.2) is 24.6 Å². The van der Waals surface area contributed by atoms with Crippen LogP contribution >= 0.6 is 0 Å². The largest absolute Gasteiger partial charge is 0.466 e. The van der Waals surface area contributed by atoms with E-state index in [-0.39, 0.29) is 24.5 Å². The van der Waals surface area contributed by atoms with E-state index in [1.807, 2.05) is 6.92 Å². The highest BCUT2D eigenvalue weighted by molar-refractivity contribution is 5.72. The van der Waals surface area contributed by atoms with Crippen LogP contribution in [0.4, 0.5) is 0 Å². The van der Waals surface area contributed by atoms with Crippen molar-refractivity contribution >= 4 is 11.9 Å². The van der Waals surface area contributed by atoms with Crippen LogP contribution in [-0.2, 0) is 19.1 Å². The first-order valence-corrected chi connectivity index (χ1v) is 6.99. The van der Waals surface area contributed by atoms with Gasteiger partial charge in [-0.3, -0.25) is 9.59 Å². The van der Waals surface area contributed by atoms with Gasteiger partial charge in [0.05, 0.1) is 6.61 Å². The molecule has 106 valence electrons. The Morgan fingerprint density at radius 2 is 1.67 bits per heavy atom. The molecule has 0 aromatic carbocycles. The molecule has 0 heterocycles. The molecular weight excluding hydrogens is 232 g/mol. The summed E-state index contributed by atoms with van der Waals surface area (Å²) in [4.78, 5) is 22.6. The Morgan fingerprint density at radius 3 is 2.22 bits per heavy atom. The third kappa shape index (κ3) is 9.02. The fourth-order valence-corrected chi connectivity index (χ4v) is 1.63. The Hall–Kier alpha value is -1.06. The van der Waals surface area contributed by atoms with Gasteiger partial charge in [0.1, 0.15) is 6.10 Å². The fraction of sp³-hybridized carbons (Fsp3) is 0.857. The van der Waals surface area contributed by atoms with E-state index in [1.54, 1.807) is 6.92 Å². The van der Waals surface area contributed by atoms with Crippen LogP contribution in [0.5, 0.6) is 0 Å². The van der Waals surface area contributed by atoms with Crippen molar-refractivity contribution in [2.75, 3.05) is 6.61 Å². The van der Waals surface area contributed by atoms with Gasteiger partial charge >= 0.3 is 11.9 Å². The summed E-state index contributed by atoms with van der Waals surface area (Å²) in [5.41, 5.74) is 0. The number of rotatable bonds is 10. The molecular formula is C14H26O4. The molecule has 0 radical (unpaired) electrons. The summed E-state index contributed by atoms with van der Waals surface area (Å²) in [7, 11) is 0. The molecule has 0 bridgehead atoms. The molecule has 0 amide bonds. The normalized spacial score (nSPS) is 11.9. The highest BCUT2D eigenvalue weighted by atomic mass is 16.5. The molecule has 0 spiro atoms. The molecule has 0 aliphatic rings. The Labute approximate surface area is 110 Å². The van der Waals surface area contributed by atoms with E-state index in [9.17, 15) is 9.59 Å². The highest BCUT2D eigenvalue weighted by Gasteiger charge is 2.12. The van der Waals surface area contributed by atoms with E-state index in [4.69, 9.17) is 9.47 Å². The maximum absolute atomic E-state index is 11.5. The molecule has 4 heteroatoms. The van der Waals surface area contributed by atoms with Crippen molar-refractivity contribution in [2.24, 2.45) is 0 Å². The molecule has 4 nitrogen and oxygen atoms in total. The summed E-state index contributed by atoms with van der Waals surface area (Å²) < 4.78 is 10.1. The van der Waals surface area contributed by atoms with Crippen molar-refractivity contribution in [1.29, 1.82) is 0 Å². The average molecular weight is 258 g/mol. The van der Waals surface area contributed by atoms with Gasteiger partial charge in [0.25, 0.3) is 0 Å². The van der Waals surface area contributed by atoms with Crippen LogP contribution in [0, 0.1) is 0 Å². The lowest BCUT2D eigenvalue weighted by Crippen LogP contribution is -2.17. The summed E-state index contributed by atoms with van der Waals surface area (Å²) in [5, 5.41) is 0. The topological polar surface area (TPSA) is 52.6 Å². The van der Waals surface area contributed by atoms with Crippen LogP contribution < -0.4 is 0 Å². The van der Waals surface area contributed by atoms with Gasteiger partial charge in [0.2, 0.25) is 0 Å². The summed E-state index contributed by atoms with van der Waals surface area (Å²) in [6.45, 7) is 6.30. The number of ether oxygens (including phenoxy) is 2. The van der Waals surface area contributed by atoms with Crippen molar-refractivity contribution in [1.82, 2.24) is 0 Å². The van der Waals surface area contributed by atoms with Gasteiger partial charge in [0, 0.05) is 12.8 Å². The second-order valence-corrected chi connectivity index (χ2v) is 4.32. The minimum Gasteiger partial charge on any atom is -0.466 e. The smallest absolute Gasteiger partial charge is 0.306 e. The van der Waals surface area contributed by atoms with Crippen molar-refractivity contribution in [3.63, 3.8) is 0 Å². The zero-order valence-electron chi connectivity index (χ0n) is 11.9. The van der Waals surface area contributed by atoms with Crippen molar-refractivity contribution < 1.29 is 19.1 Å².